The number of rotatable bonds is 5. The Kier molecular flexibility index (Phi) is 4.56. The van der Waals surface area contributed by atoms with Crippen LogP contribution in [0.3, 0.4) is 0 Å². The number of benzene rings is 2. The summed E-state index contributed by atoms with van der Waals surface area (Å²) >= 11 is 0. The third-order valence-electron chi connectivity index (χ3n) is 3.49. The monoisotopic (exact) mass is 326 g/mol. The molecular formula is C18H15FN2O3. The van der Waals surface area contributed by atoms with Crippen molar-refractivity contribution in [2.45, 2.75) is 6.54 Å². The molecule has 6 heteroatoms. The number of nitrogens with one attached hydrogen (secondary N) is 1. The molecule has 0 unspecified atom stereocenters. The maximum absolute atomic E-state index is 12.8. The molecule has 0 atom stereocenters. The van der Waals surface area contributed by atoms with Crippen LogP contribution >= 0.6 is 0 Å². The third-order valence-corrected chi connectivity index (χ3v) is 3.49. The minimum absolute atomic E-state index is 0.114. The maximum atomic E-state index is 12.8. The first kappa shape index (κ1) is 15.7. The summed E-state index contributed by atoms with van der Waals surface area (Å²) in [6.07, 6.45) is 0. The van der Waals surface area contributed by atoms with E-state index in [9.17, 15) is 9.18 Å². The minimum Gasteiger partial charge on any atom is -0.497 e. The predicted octanol–water partition coefficient (Wildman–Crippen LogP) is 3.42. The standard InChI is InChI=1S/C18H15FN2O3/c1-23-15-8-4-13(5-9-15)16-10-17(24-21-16)18(22)20-11-12-2-6-14(19)7-3-12/h2-10H,11H2,1H3,(H,20,22). The average Bonchev–Trinajstić information content (AvgIpc) is 3.11. The predicted molar refractivity (Wildman–Crippen MR) is 86.1 cm³/mol. The molecule has 1 heterocycles. The number of methoxy groups -OCH3 is 1. The fraction of sp³-hybridized carbons (Fsp3) is 0.111. The van der Waals surface area contributed by atoms with Gasteiger partial charge in [-0.25, -0.2) is 4.39 Å². The number of ether oxygens (including phenoxy) is 1. The van der Waals surface area contributed by atoms with Gasteiger partial charge in [-0.2, -0.15) is 0 Å². The van der Waals surface area contributed by atoms with E-state index in [1.807, 2.05) is 12.1 Å². The number of amides is 1. The van der Waals surface area contributed by atoms with E-state index in [-0.39, 0.29) is 24.0 Å². The highest BCUT2D eigenvalue weighted by atomic mass is 19.1. The van der Waals surface area contributed by atoms with Crippen molar-refractivity contribution in [3.8, 4) is 17.0 Å². The summed E-state index contributed by atoms with van der Waals surface area (Å²) in [7, 11) is 1.59. The van der Waals surface area contributed by atoms with Crippen LogP contribution in [-0.4, -0.2) is 18.2 Å². The number of nitrogens with zero attached hydrogens (tertiary/aromatic N) is 1. The molecule has 0 fully saturated rings. The van der Waals surface area contributed by atoms with Crippen molar-refractivity contribution in [3.05, 3.63) is 71.7 Å². The summed E-state index contributed by atoms with van der Waals surface area (Å²) in [6, 6.07) is 14.7. The Hall–Kier alpha value is -3.15. The summed E-state index contributed by atoms with van der Waals surface area (Å²) in [4.78, 5) is 12.1. The van der Waals surface area contributed by atoms with E-state index in [1.165, 1.54) is 12.1 Å². The highest BCUT2D eigenvalue weighted by molar-refractivity contribution is 5.92. The van der Waals surface area contributed by atoms with Gasteiger partial charge in [-0.1, -0.05) is 17.3 Å². The fourth-order valence-electron chi connectivity index (χ4n) is 2.15. The molecule has 0 radical (unpaired) electrons. The van der Waals surface area contributed by atoms with Crippen molar-refractivity contribution in [1.29, 1.82) is 0 Å². The van der Waals surface area contributed by atoms with E-state index in [1.54, 1.807) is 37.4 Å². The zero-order valence-electron chi connectivity index (χ0n) is 13.0. The molecule has 0 aliphatic rings. The summed E-state index contributed by atoms with van der Waals surface area (Å²) < 4.78 is 23.0. The van der Waals surface area contributed by atoms with Gasteiger partial charge in [0.2, 0.25) is 5.76 Å². The van der Waals surface area contributed by atoms with Gasteiger partial charge in [0.1, 0.15) is 17.3 Å². The lowest BCUT2D eigenvalue weighted by atomic mass is 10.1. The van der Waals surface area contributed by atoms with Crippen LogP contribution in [0.1, 0.15) is 16.1 Å². The van der Waals surface area contributed by atoms with Crippen molar-refractivity contribution < 1.29 is 18.4 Å². The van der Waals surface area contributed by atoms with E-state index in [0.717, 1.165) is 16.9 Å². The highest BCUT2D eigenvalue weighted by Gasteiger charge is 2.14. The molecule has 1 amide bonds. The summed E-state index contributed by atoms with van der Waals surface area (Å²) in [5.41, 5.74) is 2.17. The molecule has 3 aromatic rings. The zero-order valence-corrected chi connectivity index (χ0v) is 13.0. The smallest absolute Gasteiger partial charge is 0.290 e. The number of carbonyl (C=O) groups excluding carboxylic acids is 1. The first-order chi connectivity index (χ1) is 11.7. The van der Waals surface area contributed by atoms with Gasteiger partial charge in [-0.3, -0.25) is 4.79 Å². The normalized spacial score (nSPS) is 10.4. The molecular weight excluding hydrogens is 311 g/mol. The van der Waals surface area contributed by atoms with E-state index in [4.69, 9.17) is 9.26 Å². The molecule has 2 aromatic carbocycles. The Morgan fingerprint density at radius 3 is 2.54 bits per heavy atom. The Labute approximate surface area is 138 Å². The average molecular weight is 326 g/mol. The second-order valence-electron chi connectivity index (χ2n) is 5.11. The third kappa shape index (κ3) is 3.60. The lowest BCUT2D eigenvalue weighted by molar-refractivity contribution is 0.0914. The van der Waals surface area contributed by atoms with Gasteiger partial charge < -0.3 is 14.6 Å². The number of halogens is 1. The molecule has 0 spiro atoms. The Morgan fingerprint density at radius 1 is 1.17 bits per heavy atom. The lowest BCUT2D eigenvalue weighted by Crippen LogP contribution is -2.22. The Morgan fingerprint density at radius 2 is 1.88 bits per heavy atom. The SMILES string of the molecule is COc1ccc(-c2cc(C(=O)NCc3ccc(F)cc3)on2)cc1. The minimum atomic E-state index is -0.383. The van der Waals surface area contributed by atoms with Crippen molar-refractivity contribution in [1.82, 2.24) is 10.5 Å². The zero-order chi connectivity index (χ0) is 16.9. The van der Waals surface area contributed by atoms with Crippen LogP contribution in [0.25, 0.3) is 11.3 Å². The molecule has 24 heavy (non-hydrogen) atoms. The van der Waals surface area contributed by atoms with Crippen LogP contribution in [0.4, 0.5) is 4.39 Å². The topological polar surface area (TPSA) is 64.4 Å². The van der Waals surface area contributed by atoms with Crippen molar-refractivity contribution in [2.24, 2.45) is 0 Å². The molecule has 0 bridgehead atoms. The van der Waals surface area contributed by atoms with E-state index in [2.05, 4.69) is 10.5 Å². The van der Waals surface area contributed by atoms with Crippen LogP contribution in [0.5, 0.6) is 5.75 Å². The van der Waals surface area contributed by atoms with E-state index >= 15 is 0 Å². The molecule has 0 saturated carbocycles. The number of hydrogen-bond acceptors (Lipinski definition) is 4. The van der Waals surface area contributed by atoms with Gasteiger partial charge in [0, 0.05) is 18.2 Å². The molecule has 0 aliphatic heterocycles. The highest BCUT2D eigenvalue weighted by Crippen LogP contribution is 2.22. The quantitative estimate of drug-likeness (QED) is 0.780. The Bertz CT molecular complexity index is 826. The number of hydrogen-bond donors (Lipinski definition) is 1. The molecule has 1 aromatic heterocycles. The van der Waals surface area contributed by atoms with Crippen LogP contribution in [-0.2, 0) is 6.54 Å². The van der Waals surface area contributed by atoms with Gasteiger partial charge in [0.05, 0.1) is 7.11 Å². The summed E-state index contributed by atoms with van der Waals surface area (Å²) in [5, 5.41) is 6.61. The van der Waals surface area contributed by atoms with Crippen LogP contribution in [0, 0.1) is 5.82 Å². The van der Waals surface area contributed by atoms with Crippen molar-refractivity contribution in [2.75, 3.05) is 7.11 Å². The number of carbonyl (C=O) groups is 1. The van der Waals surface area contributed by atoms with Crippen molar-refractivity contribution in [3.63, 3.8) is 0 Å². The molecule has 5 nitrogen and oxygen atoms in total. The van der Waals surface area contributed by atoms with Gasteiger partial charge in [0.15, 0.2) is 0 Å². The van der Waals surface area contributed by atoms with E-state index < -0.39 is 0 Å². The first-order valence-electron chi connectivity index (χ1n) is 7.29. The maximum Gasteiger partial charge on any atom is 0.290 e. The van der Waals surface area contributed by atoms with Crippen LogP contribution in [0.15, 0.2) is 59.1 Å². The van der Waals surface area contributed by atoms with Gasteiger partial charge in [0.25, 0.3) is 5.91 Å². The molecule has 1 N–H and O–H groups in total. The lowest BCUT2D eigenvalue weighted by Gasteiger charge is -2.02. The largest absolute Gasteiger partial charge is 0.497 e. The Balaban J connectivity index is 1.65. The van der Waals surface area contributed by atoms with Gasteiger partial charge in [-0.15, -0.1) is 0 Å². The molecule has 3 rings (SSSR count). The van der Waals surface area contributed by atoms with E-state index in [0.29, 0.717) is 5.69 Å². The van der Waals surface area contributed by atoms with Gasteiger partial charge in [-0.05, 0) is 42.0 Å². The van der Waals surface area contributed by atoms with Crippen molar-refractivity contribution >= 4 is 5.91 Å². The fourth-order valence-corrected chi connectivity index (χ4v) is 2.15. The molecule has 0 saturated heterocycles. The molecule has 122 valence electrons. The second kappa shape index (κ2) is 6.95. The van der Waals surface area contributed by atoms with Crippen LogP contribution < -0.4 is 10.1 Å². The summed E-state index contributed by atoms with van der Waals surface area (Å²) in [6.45, 7) is 0.275. The second-order valence-corrected chi connectivity index (χ2v) is 5.11. The molecule has 0 aliphatic carbocycles. The van der Waals surface area contributed by atoms with Gasteiger partial charge >= 0.3 is 0 Å². The number of aromatic nitrogens is 1. The van der Waals surface area contributed by atoms with Crippen LogP contribution in [0.2, 0.25) is 0 Å². The summed E-state index contributed by atoms with van der Waals surface area (Å²) in [5.74, 6) is 0.151. The first-order valence-corrected chi connectivity index (χ1v) is 7.29.